The molecule has 7 heteroatoms. The summed E-state index contributed by atoms with van der Waals surface area (Å²) in [6.07, 6.45) is 3.41. The zero-order valence-corrected chi connectivity index (χ0v) is 18.5. The Balaban J connectivity index is 1.64. The minimum absolute atomic E-state index is 0.0629. The van der Waals surface area contributed by atoms with Crippen LogP contribution in [0.1, 0.15) is 32.8 Å². The molecule has 6 nitrogen and oxygen atoms in total. The standard InChI is InChI=1S/C23H28N4O2S/c1-16(2)14-27-22(29)19-10-7-13-24-21(19)26-23(27)30-15-20(28)25-17(3)11-12-18-8-5-4-6-9-18/h4-10,13,16-17H,11-12,14-15H2,1-3H3,(H,25,28)/t17-/m0/s1. The zero-order valence-electron chi connectivity index (χ0n) is 17.7. The third kappa shape index (κ3) is 5.92. The number of thioether (sulfide) groups is 1. The number of amides is 1. The van der Waals surface area contributed by atoms with Gasteiger partial charge in [-0.05, 0) is 43.4 Å². The molecule has 0 fully saturated rings. The van der Waals surface area contributed by atoms with E-state index < -0.39 is 0 Å². The van der Waals surface area contributed by atoms with Crippen molar-refractivity contribution in [1.82, 2.24) is 19.9 Å². The molecule has 0 aliphatic rings. The maximum atomic E-state index is 12.9. The van der Waals surface area contributed by atoms with E-state index in [2.05, 4.69) is 41.3 Å². The zero-order chi connectivity index (χ0) is 21.5. The van der Waals surface area contributed by atoms with Gasteiger partial charge in [0.05, 0.1) is 11.1 Å². The molecular formula is C23H28N4O2S. The first kappa shape index (κ1) is 22.0. The van der Waals surface area contributed by atoms with Crippen molar-refractivity contribution in [2.75, 3.05) is 5.75 Å². The summed E-state index contributed by atoms with van der Waals surface area (Å²) in [7, 11) is 0. The number of carbonyl (C=O) groups excluding carboxylic acids is 1. The van der Waals surface area contributed by atoms with Crippen LogP contribution in [0.15, 0.2) is 58.6 Å². The number of hydrogen-bond donors (Lipinski definition) is 1. The minimum atomic E-state index is -0.110. The molecule has 1 amide bonds. The fraction of sp³-hybridized carbons (Fsp3) is 0.391. The van der Waals surface area contributed by atoms with E-state index in [0.29, 0.717) is 22.7 Å². The van der Waals surface area contributed by atoms with Crippen molar-refractivity contribution < 1.29 is 4.79 Å². The van der Waals surface area contributed by atoms with E-state index in [1.807, 2.05) is 25.1 Å². The lowest BCUT2D eigenvalue weighted by molar-refractivity contribution is -0.119. The first-order chi connectivity index (χ1) is 14.4. The molecule has 1 N–H and O–H groups in total. The van der Waals surface area contributed by atoms with Gasteiger partial charge in [0, 0.05) is 18.8 Å². The van der Waals surface area contributed by atoms with Gasteiger partial charge in [0.2, 0.25) is 5.91 Å². The van der Waals surface area contributed by atoms with Gasteiger partial charge < -0.3 is 5.32 Å². The number of rotatable bonds is 9. The fourth-order valence-corrected chi connectivity index (χ4v) is 4.03. The van der Waals surface area contributed by atoms with Gasteiger partial charge in [0.15, 0.2) is 10.8 Å². The molecule has 0 saturated carbocycles. The molecule has 2 aromatic heterocycles. The summed E-state index contributed by atoms with van der Waals surface area (Å²) < 4.78 is 1.66. The molecule has 158 valence electrons. The Morgan fingerprint density at radius 2 is 1.90 bits per heavy atom. The maximum Gasteiger partial charge on any atom is 0.263 e. The van der Waals surface area contributed by atoms with Gasteiger partial charge in [0.25, 0.3) is 5.56 Å². The number of benzene rings is 1. The van der Waals surface area contributed by atoms with Crippen molar-refractivity contribution in [2.45, 2.75) is 51.4 Å². The molecule has 0 aliphatic carbocycles. The summed E-state index contributed by atoms with van der Waals surface area (Å²) in [5.41, 5.74) is 1.57. The van der Waals surface area contributed by atoms with Crippen molar-refractivity contribution in [1.29, 1.82) is 0 Å². The third-order valence-corrected chi connectivity index (χ3v) is 5.67. The van der Waals surface area contributed by atoms with Crippen LogP contribution in [-0.4, -0.2) is 32.2 Å². The molecule has 3 rings (SSSR count). The van der Waals surface area contributed by atoms with Gasteiger partial charge in [-0.25, -0.2) is 9.97 Å². The van der Waals surface area contributed by atoms with Gasteiger partial charge in [-0.15, -0.1) is 0 Å². The SMILES string of the molecule is CC(C)Cn1c(SCC(=O)N[C@@H](C)CCc2ccccc2)nc2ncccc2c1=O. The van der Waals surface area contributed by atoms with Crippen LogP contribution in [-0.2, 0) is 17.8 Å². The first-order valence-electron chi connectivity index (χ1n) is 10.3. The molecule has 3 aromatic rings. The van der Waals surface area contributed by atoms with Crippen LogP contribution in [0.2, 0.25) is 0 Å². The Bertz CT molecular complexity index is 1050. The topological polar surface area (TPSA) is 76.9 Å². The van der Waals surface area contributed by atoms with Crippen LogP contribution >= 0.6 is 11.8 Å². The summed E-state index contributed by atoms with van der Waals surface area (Å²) in [6, 6.07) is 13.8. The summed E-state index contributed by atoms with van der Waals surface area (Å²) >= 11 is 1.28. The van der Waals surface area contributed by atoms with Crippen LogP contribution in [0.25, 0.3) is 11.0 Å². The third-order valence-electron chi connectivity index (χ3n) is 4.69. The number of fused-ring (bicyclic) bond motifs is 1. The molecule has 0 spiro atoms. The van der Waals surface area contributed by atoms with Gasteiger partial charge in [0.1, 0.15) is 0 Å². The molecular weight excluding hydrogens is 396 g/mol. The lowest BCUT2D eigenvalue weighted by Crippen LogP contribution is -2.34. The molecule has 0 bridgehead atoms. The van der Waals surface area contributed by atoms with Crippen molar-refractivity contribution >= 4 is 28.7 Å². The number of hydrogen-bond acceptors (Lipinski definition) is 5. The lowest BCUT2D eigenvalue weighted by Gasteiger charge is -2.16. The Morgan fingerprint density at radius 3 is 2.63 bits per heavy atom. The number of aromatic nitrogens is 3. The molecule has 30 heavy (non-hydrogen) atoms. The van der Waals surface area contributed by atoms with Crippen LogP contribution in [0.5, 0.6) is 0 Å². The second-order valence-corrected chi connectivity index (χ2v) is 8.80. The molecule has 1 atom stereocenters. The second kappa shape index (κ2) is 10.4. The first-order valence-corrected chi connectivity index (χ1v) is 11.2. The average molecular weight is 425 g/mol. The molecule has 0 aliphatic heterocycles. The molecule has 1 aromatic carbocycles. The summed E-state index contributed by atoms with van der Waals surface area (Å²) in [5, 5.41) is 4.08. The van der Waals surface area contributed by atoms with Gasteiger partial charge in [-0.1, -0.05) is 55.9 Å². The van der Waals surface area contributed by atoms with Gasteiger partial charge in [-0.3, -0.25) is 14.2 Å². The molecule has 2 heterocycles. The number of carbonyl (C=O) groups is 1. The highest BCUT2D eigenvalue weighted by Gasteiger charge is 2.15. The molecule has 0 unspecified atom stereocenters. The Hall–Kier alpha value is -2.67. The predicted octanol–water partition coefficient (Wildman–Crippen LogP) is 3.68. The van der Waals surface area contributed by atoms with E-state index in [1.54, 1.807) is 22.9 Å². The monoisotopic (exact) mass is 424 g/mol. The van der Waals surface area contributed by atoms with E-state index in [9.17, 15) is 9.59 Å². The lowest BCUT2D eigenvalue weighted by atomic mass is 10.1. The smallest absolute Gasteiger partial charge is 0.263 e. The number of nitrogens with zero attached hydrogens (tertiary/aromatic N) is 3. The number of nitrogens with one attached hydrogen (secondary N) is 1. The van der Waals surface area contributed by atoms with Crippen LogP contribution in [0, 0.1) is 5.92 Å². The predicted molar refractivity (Wildman–Crippen MR) is 122 cm³/mol. The van der Waals surface area contributed by atoms with Crippen LogP contribution < -0.4 is 10.9 Å². The van der Waals surface area contributed by atoms with Crippen LogP contribution in [0.3, 0.4) is 0 Å². The Kier molecular flexibility index (Phi) is 7.63. The average Bonchev–Trinajstić information content (AvgIpc) is 2.73. The highest BCUT2D eigenvalue weighted by Crippen LogP contribution is 2.18. The second-order valence-electron chi connectivity index (χ2n) is 7.86. The maximum absolute atomic E-state index is 12.9. The van der Waals surface area contributed by atoms with E-state index in [1.165, 1.54) is 17.3 Å². The minimum Gasteiger partial charge on any atom is -0.353 e. The van der Waals surface area contributed by atoms with E-state index in [-0.39, 0.29) is 29.2 Å². The number of pyridine rings is 1. The van der Waals surface area contributed by atoms with Crippen molar-refractivity contribution in [2.24, 2.45) is 5.92 Å². The highest BCUT2D eigenvalue weighted by atomic mass is 32.2. The molecule has 0 radical (unpaired) electrons. The quantitative estimate of drug-likeness (QED) is 0.419. The summed E-state index contributed by atoms with van der Waals surface area (Å²) in [5.74, 6) is 0.426. The van der Waals surface area contributed by atoms with E-state index in [0.717, 1.165) is 12.8 Å². The van der Waals surface area contributed by atoms with Crippen LogP contribution in [0.4, 0.5) is 0 Å². The van der Waals surface area contributed by atoms with E-state index in [4.69, 9.17) is 0 Å². The van der Waals surface area contributed by atoms with Crippen molar-refractivity contribution in [3.05, 3.63) is 64.6 Å². The van der Waals surface area contributed by atoms with Gasteiger partial charge >= 0.3 is 0 Å². The Morgan fingerprint density at radius 1 is 1.13 bits per heavy atom. The Labute approximate surface area is 181 Å². The summed E-state index contributed by atoms with van der Waals surface area (Å²) in [6.45, 7) is 6.66. The normalized spacial score (nSPS) is 12.3. The van der Waals surface area contributed by atoms with Crippen molar-refractivity contribution in [3.8, 4) is 0 Å². The number of aryl methyl sites for hydroxylation is 1. The summed E-state index contributed by atoms with van der Waals surface area (Å²) in [4.78, 5) is 34.1. The van der Waals surface area contributed by atoms with Gasteiger partial charge in [-0.2, -0.15) is 0 Å². The largest absolute Gasteiger partial charge is 0.353 e. The van der Waals surface area contributed by atoms with E-state index >= 15 is 0 Å². The fourth-order valence-electron chi connectivity index (χ4n) is 3.22. The molecule has 0 saturated heterocycles. The highest BCUT2D eigenvalue weighted by molar-refractivity contribution is 7.99. The van der Waals surface area contributed by atoms with Crippen molar-refractivity contribution in [3.63, 3.8) is 0 Å².